The van der Waals surface area contributed by atoms with E-state index in [9.17, 15) is 9.59 Å². The Bertz CT molecular complexity index is 518. The van der Waals surface area contributed by atoms with E-state index in [-0.39, 0.29) is 24.9 Å². The van der Waals surface area contributed by atoms with Gasteiger partial charge < -0.3 is 10.4 Å². The number of rotatable bonds is 7. The highest BCUT2D eigenvalue weighted by Gasteiger charge is 2.15. The van der Waals surface area contributed by atoms with Crippen molar-refractivity contribution in [3.63, 3.8) is 0 Å². The molecule has 1 rings (SSSR count). The number of halogens is 1. The van der Waals surface area contributed by atoms with Crippen LogP contribution < -0.4 is 5.32 Å². The minimum atomic E-state index is -0.869. The maximum absolute atomic E-state index is 12.0. The summed E-state index contributed by atoms with van der Waals surface area (Å²) in [6.07, 6.45) is 0.0157. The fourth-order valence-electron chi connectivity index (χ4n) is 1.81. The normalized spacial score (nSPS) is 11.0. The highest BCUT2D eigenvalue weighted by atomic mass is 35.5. The van der Waals surface area contributed by atoms with Gasteiger partial charge in [0.15, 0.2) is 0 Å². The lowest BCUT2D eigenvalue weighted by Gasteiger charge is -2.25. The van der Waals surface area contributed by atoms with Gasteiger partial charge in [0.25, 0.3) is 0 Å². The Morgan fingerprint density at radius 1 is 1.38 bits per heavy atom. The van der Waals surface area contributed by atoms with Crippen LogP contribution in [0.15, 0.2) is 18.2 Å². The van der Waals surface area contributed by atoms with Crippen molar-refractivity contribution in [2.45, 2.75) is 33.2 Å². The van der Waals surface area contributed by atoms with Gasteiger partial charge in [-0.05, 0) is 38.5 Å². The van der Waals surface area contributed by atoms with Gasteiger partial charge in [-0.2, -0.15) is 0 Å². The minimum Gasteiger partial charge on any atom is -0.481 e. The molecular formula is C15H21ClN2O3. The molecule has 1 aromatic carbocycles. The second-order valence-corrected chi connectivity index (χ2v) is 5.63. The molecule has 0 atom stereocenters. The van der Waals surface area contributed by atoms with Crippen LogP contribution in [0.25, 0.3) is 0 Å². The van der Waals surface area contributed by atoms with Gasteiger partial charge in [0.1, 0.15) is 0 Å². The molecule has 0 radical (unpaired) electrons. The monoisotopic (exact) mass is 312 g/mol. The molecule has 0 heterocycles. The van der Waals surface area contributed by atoms with E-state index < -0.39 is 5.97 Å². The van der Waals surface area contributed by atoms with Crippen LogP contribution in [-0.4, -0.2) is 41.0 Å². The molecule has 0 unspecified atom stereocenters. The molecule has 116 valence electrons. The number of aliphatic carboxylic acids is 1. The van der Waals surface area contributed by atoms with Crippen LogP contribution in [0.5, 0.6) is 0 Å². The summed E-state index contributed by atoms with van der Waals surface area (Å²) in [6.45, 7) is 6.24. The molecule has 0 aromatic heterocycles. The van der Waals surface area contributed by atoms with Crippen molar-refractivity contribution in [3.05, 3.63) is 28.8 Å². The fourth-order valence-corrected chi connectivity index (χ4v) is 2.00. The van der Waals surface area contributed by atoms with E-state index in [0.717, 1.165) is 5.56 Å². The lowest BCUT2D eigenvalue weighted by molar-refractivity contribution is -0.137. The quantitative estimate of drug-likeness (QED) is 0.812. The van der Waals surface area contributed by atoms with Gasteiger partial charge in [0.2, 0.25) is 5.91 Å². The zero-order valence-electron chi connectivity index (χ0n) is 12.5. The first-order valence-corrected chi connectivity index (χ1v) is 7.19. The molecule has 0 bridgehead atoms. The molecule has 0 fully saturated rings. The van der Waals surface area contributed by atoms with Crippen LogP contribution in [0.4, 0.5) is 5.69 Å². The molecule has 0 aliphatic rings. The summed E-state index contributed by atoms with van der Waals surface area (Å²) in [5.74, 6) is -1.06. The molecule has 0 aliphatic heterocycles. The number of nitrogens with zero attached hydrogens (tertiary/aromatic N) is 1. The molecule has 1 amide bonds. The number of carboxylic acid groups (broad SMARTS) is 1. The number of carboxylic acids is 1. The van der Waals surface area contributed by atoms with Gasteiger partial charge in [0, 0.05) is 23.3 Å². The summed E-state index contributed by atoms with van der Waals surface area (Å²) >= 11 is 6.01. The van der Waals surface area contributed by atoms with Crippen LogP contribution in [0.3, 0.4) is 0 Å². The third kappa shape index (κ3) is 6.14. The minimum absolute atomic E-state index is 0.0157. The Labute approximate surface area is 129 Å². The maximum Gasteiger partial charge on any atom is 0.304 e. The van der Waals surface area contributed by atoms with Gasteiger partial charge in [-0.1, -0.05) is 17.7 Å². The molecule has 0 aliphatic carbocycles. The van der Waals surface area contributed by atoms with E-state index in [1.165, 1.54) is 0 Å². The molecule has 0 saturated carbocycles. The van der Waals surface area contributed by atoms with Crippen LogP contribution in [0, 0.1) is 6.92 Å². The molecule has 0 spiro atoms. The number of nitrogens with one attached hydrogen (secondary N) is 1. The van der Waals surface area contributed by atoms with Gasteiger partial charge in [-0.15, -0.1) is 0 Å². The van der Waals surface area contributed by atoms with Crippen LogP contribution in [0.1, 0.15) is 25.8 Å². The maximum atomic E-state index is 12.0. The molecule has 6 heteroatoms. The predicted octanol–water partition coefficient (Wildman–Crippen LogP) is 2.77. The van der Waals surface area contributed by atoms with Crippen molar-refractivity contribution < 1.29 is 14.7 Å². The first kappa shape index (κ1) is 17.5. The predicted molar refractivity (Wildman–Crippen MR) is 83.8 cm³/mol. The Kier molecular flexibility index (Phi) is 6.65. The van der Waals surface area contributed by atoms with Gasteiger partial charge in [0.05, 0.1) is 13.0 Å². The van der Waals surface area contributed by atoms with Gasteiger partial charge in [-0.3, -0.25) is 14.5 Å². The Morgan fingerprint density at radius 2 is 2.05 bits per heavy atom. The topological polar surface area (TPSA) is 69.6 Å². The number of hydrogen-bond acceptors (Lipinski definition) is 3. The zero-order valence-corrected chi connectivity index (χ0v) is 13.3. The van der Waals surface area contributed by atoms with E-state index in [1.54, 1.807) is 12.1 Å². The fraction of sp³-hybridized carbons (Fsp3) is 0.467. The first-order valence-electron chi connectivity index (χ1n) is 6.81. The van der Waals surface area contributed by atoms with E-state index in [1.807, 2.05) is 31.7 Å². The van der Waals surface area contributed by atoms with E-state index in [4.69, 9.17) is 16.7 Å². The Hall–Kier alpha value is -1.59. The number of amides is 1. The first-order chi connectivity index (χ1) is 9.79. The summed E-state index contributed by atoms with van der Waals surface area (Å²) in [5.41, 5.74) is 1.58. The lowest BCUT2D eigenvalue weighted by atomic mass is 10.2. The smallest absolute Gasteiger partial charge is 0.304 e. The standard InChI is InChI=1S/C15H21ClN2O3/c1-10(2)18(7-6-15(20)21)9-14(19)17-12-5-4-11(3)13(16)8-12/h4-5,8,10H,6-7,9H2,1-3H3,(H,17,19)(H,20,21). The molecule has 2 N–H and O–H groups in total. The molecule has 5 nitrogen and oxygen atoms in total. The number of carbonyl (C=O) groups is 2. The number of anilines is 1. The second-order valence-electron chi connectivity index (χ2n) is 5.22. The summed E-state index contributed by atoms with van der Waals surface area (Å²) in [6, 6.07) is 5.42. The molecule has 1 aromatic rings. The van der Waals surface area contributed by atoms with Crippen molar-refractivity contribution in [1.82, 2.24) is 4.90 Å². The number of benzene rings is 1. The van der Waals surface area contributed by atoms with E-state index in [2.05, 4.69) is 5.32 Å². The van der Waals surface area contributed by atoms with Gasteiger partial charge >= 0.3 is 5.97 Å². The summed E-state index contributed by atoms with van der Waals surface area (Å²) in [5, 5.41) is 12.1. The average Bonchev–Trinajstić information content (AvgIpc) is 2.38. The SMILES string of the molecule is Cc1ccc(NC(=O)CN(CCC(=O)O)C(C)C)cc1Cl. The average molecular weight is 313 g/mol. The highest BCUT2D eigenvalue weighted by molar-refractivity contribution is 6.31. The summed E-state index contributed by atoms with van der Waals surface area (Å²) in [4.78, 5) is 24.5. The van der Waals surface area contributed by atoms with Crippen LogP contribution in [0.2, 0.25) is 5.02 Å². The van der Waals surface area contributed by atoms with Crippen molar-refractivity contribution in [2.24, 2.45) is 0 Å². The number of carbonyl (C=O) groups excluding carboxylic acids is 1. The molecule has 21 heavy (non-hydrogen) atoms. The van der Waals surface area contributed by atoms with Crippen molar-refractivity contribution in [2.75, 3.05) is 18.4 Å². The third-order valence-electron chi connectivity index (χ3n) is 3.15. The number of hydrogen-bond donors (Lipinski definition) is 2. The van der Waals surface area contributed by atoms with Gasteiger partial charge in [-0.25, -0.2) is 0 Å². The Morgan fingerprint density at radius 3 is 2.57 bits per heavy atom. The van der Waals surface area contributed by atoms with E-state index in [0.29, 0.717) is 17.3 Å². The van der Waals surface area contributed by atoms with Crippen molar-refractivity contribution >= 4 is 29.2 Å². The van der Waals surface area contributed by atoms with Crippen molar-refractivity contribution in [3.8, 4) is 0 Å². The van der Waals surface area contributed by atoms with Crippen molar-refractivity contribution in [1.29, 1.82) is 0 Å². The summed E-state index contributed by atoms with van der Waals surface area (Å²) in [7, 11) is 0. The zero-order chi connectivity index (χ0) is 16.0. The van der Waals surface area contributed by atoms with Crippen LogP contribution in [-0.2, 0) is 9.59 Å². The number of aryl methyl sites for hydroxylation is 1. The van der Waals surface area contributed by atoms with Crippen LogP contribution >= 0.6 is 11.6 Å². The lowest BCUT2D eigenvalue weighted by Crippen LogP contribution is -2.39. The second kappa shape index (κ2) is 8.00. The van der Waals surface area contributed by atoms with E-state index >= 15 is 0 Å². The summed E-state index contributed by atoms with van der Waals surface area (Å²) < 4.78 is 0. The molecular weight excluding hydrogens is 292 g/mol. The Balaban J connectivity index is 2.60. The largest absolute Gasteiger partial charge is 0.481 e. The molecule has 0 saturated heterocycles. The highest BCUT2D eigenvalue weighted by Crippen LogP contribution is 2.19. The third-order valence-corrected chi connectivity index (χ3v) is 3.55.